The topological polar surface area (TPSA) is 104 Å². The van der Waals surface area contributed by atoms with E-state index in [1.165, 1.54) is 6.92 Å². The van der Waals surface area contributed by atoms with Crippen LogP contribution < -0.4 is 0 Å². The lowest BCUT2D eigenvalue weighted by Crippen LogP contribution is -2.45. The van der Waals surface area contributed by atoms with Crippen LogP contribution >= 0.6 is 0 Å². The molecule has 0 saturated heterocycles. The van der Waals surface area contributed by atoms with Gasteiger partial charge in [0.05, 0.1) is 0 Å². The number of carbonyl (C=O) groups is 2. The number of aliphatic hydroxyl groups excluding tert-OH is 1. The van der Waals surface area contributed by atoms with Crippen molar-refractivity contribution in [2.75, 3.05) is 0 Å². The Morgan fingerprint density at radius 3 is 2.27 bits per heavy atom. The number of aliphatic carboxylic acids is 1. The first-order valence-corrected chi connectivity index (χ1v) is 4.74. The van der Waals surface area contributed by atoms with E-state index in [2.05, 4.69) is 4.74 Å². The third kappa shape index (κ3) is 3.85. The minimum Gasteiger partial charge on any atom is -0.476 e. The largest absolute Gasteiger partial charge is 0.476 e. The van der Waals surface area contributed by atoms with Crippen LogP contribution in [0.3, 0.4) is 0 Å². The van der Waals surface area contributed by atoms with Crippen LogP contribution in [0.25, 0.3) is 0 Å². The molecule has 0 radical (unpaired) electrons. The molecule has 0 aromatic heterocycles. The number of hydrogen-bond acceptors (Lipinski definition) is 5. The van der Waals surface area contributed by atoms with Gasteiger partial charge in [-0.05, 0) is 12.8 Å². The van der Waals surface area contributed by atoms with Crippen molar-refractivity contribution in [2.24, 2.45) is 0 Å². The molecular weight excluding hydrogens is 204 g/mol. The van der Waals surface area contributed by atoms with Gasteiger partial charge in [0, 0.05) is 6.42 Å². The molecule has 0 heterocycles. The van der Waals surface area contributed by atoms with E-state index >= 15 is 0 Å². The molecule has 0 spiro atoms. The highest BCUT2D eigenvalue weighted by Gasteiger charge is 2.40. The van der Waals surface area contributed by atoms with Gasteiger partial charge in [0.15, 0.2) is 6.10 Å². The van der Waals surface area contributed by atoms with Gasteiger partial charge >= 0.3 is 17.7 Å². The number of ether oxygens (including phenoxy) is 1. The smallest absolute Gasteiger partial charge is 0.377 e. The van der Waals surface area contributed by atoms with Crippen LogP contribution in [0.5, 0.6) is 0 Å². The zero-order valence-corrected chi connectivity index (χ0v) is 8.77. The molecule has 2 atom stereocenters. The number of carboxylic acids is 1. The fraction of sp³-hybridized carbons (Fsp3) is 0.778. The summed E-state index contributed by atoms with van der Waals surface area (Å²) in [5.41, 5.74) is 0. The summed E-state index contributed by atoms with van der Waals surface area (Å²) in [6, 6.07) is 0. The van der Waals surface area contributed by atoms with Gasteiger partial charge in [-0.2, -0.15) is 0 Å². The fourth-order valence-corrected chi connectivity index (χ4v) is 0.942. The lowest BCUT2D eigenvalue weighted by molar-refractivity contribution is -0.230. The lowest BCUT2D eigenvalue weighted by Gasteiger charge is -2.23. The summed E-state index contributed by atoms with van der Waals surface area (Å²) in [6.07, 6.45) is -1.20. The van der Waals surface area contributed by atoms with Crippen molar-refractivity contribution in [1.82, 2.24) is 0 Å². The standard InChI is InChI=1S/C9H16O6/c1-3-5-9(14,8(12)13)15-7(11)6(10)4-2/h6,10,14H,3-5H2,1-2H3,(H,12,13). The molecule has 0 bridgehead atoms. The van der Waals surface area contributed by atoms with Crippen LogP contribution in [-0.4, -0.2) is 39.1 Å². The van der Waals surface area contributed by atoms with Crippen molar-refractivity contribution in [1.29, 1.82) is 0 Å². The van der Waals surface area contributed by atoms with Crippen LogP contribution in [0, 0.1) is 0 Å². The fourth-order valence-electron chi connectivity index (χ4n) is 0.942. The zero-order valence-electron chi connectivity index (χ0n) is 8.77. The summed E-state index contributed by atoms with van der Waals surface area (Å²) < 4.78 is 4.36. The molecule has 0 fully saturated rings. The van der Waals surface area contributed by atoms with Gasteiger partial charge in [-0.15, -0.1) is 0 Å². The van der Waals surface area contributed by atoms with E-state index in [1.54, 1.807) is 6.92 Å². The molecule has 6 heteroatoms. The molecule has 0 aliphatic heterocycles. The molecule has 6 nitrogen and oxygen atoms in total. The first-order chi connectivity index (χ1) is 6.87. The molecular formula is C9H16O6. The van der Waals surface area contributed by atoms with Gasteiger partial charge in [0.25, 0.3) is 0 Å². The molecule has 0 rings (SSSR count). The first kappa shape index (κ1) is 13.9. The molecule has 2 unspecified atom stereocenters. The Morgan fingerprint density at radius 2 is 1.93 bits per heavy atom. The molecule has 88 valence electrons. The highest BCUT2D eigenvalue weighted by Crippen LogP contribution is 2.16. The molecule has 15 heavy (non-hydrogen) atoms. The highest BCUT2D eigenvalue weighted by atomic mass is 16.7. The molecule has 0 saturated carbocycles. The summed E-state index contributed by atoms with van der Waals surface area (Å²) in [5.74, 6) is -5.31. The Hall–Kier alpha value is -1.14. The van der Waals surface area contributed by atoms with E-state index in [1.807, 2.05) is 0 Å². The number of carbonyl (C=O) groups excluding carboxylic acids is 1. The minimum absolute atomic E-state index is 0.0979. The Kier molecular flexibility index (Phi) is 5.24. The monoisotopic (exact) mass is 220 g/mol. The molecule has 0 amide bonds. The maximum atomic E-state index is 11.1. The summed E-state index contributed by atoms with van der Waals surface area (Å²) in [7, 11) is 0. The van der Waals surface area contributed by atoms with Crippen LogP contribution in [0.2, 0.25) is 0 Å². The van der Waals surface area contributed by atoms with E-state index in [0.717, 1.165) is 0 Å². The van der Waals surface area contributed by atoms with Gasteiger partial charge in [-0.1, -0.05) is 13.8 Å². The van der Waals surface area contributed by atoms with Crippen LogP contribution in [0.1, 0.15) is 33.1 Å². The van der Waals surface area contributed by atoms with Crippen molar-refractivity contribution in [3.63, 3.8) is 0 Å². The van der Waals surface area contributed by atoms with Gasteiger partial charge in [-0.25, -0.2) is 9.59 Å². The lowest BCUT2D eigenvalue weighted by atomic mass is 10.1. The Bertz CT molecular complexity index is 239. The second kappa shape index (κ2) is 5.67. The molecule has 0 aromatic carbocycles. The van der Waals surface area contributed by atoms with Gasteiger partial charge in [-0.3, -0.25) is 0 Å². The molecule has 0 aliphatic carbocycles. The predicted molar refractivity (Wildman–Crippen MR) is 49.9 cm³/mol. The van der Waals surface area contributed by atoms with Gasteiger partial charge in [0.2, 0.25) is 0 Å². The van der Waals surface area contributed by atoms with Crippen molar-refractivity contribution in [2.45, 2.75) is 45.0 Å². The second-order valence-corrected chi connectivity index (χ2v) is 3.18. The third-order valence-electron chi connectivity index (χ3n) is 1.85. The van der Waals surface area contributed by atoms with Crippen molar-refractivity contribution in [3.05, 3.63) is 0 Å². The average Bonchev–Trinajstić information content (AvgIpc) is 2.16. The third-order valence-corrected chi connectivity index (χ3v) is 1.85. The Morgan fingerprint density at radius 1 is 1.40 bits per heavy atom. The number of esters is 1. The maximum absolute atomic E-state index is 11.1. The Balaban J connectivity index is 4.55. The van der Waals surface area contributed by atoms with Crippen molar-refractivity contribution < 1.29 is 29.6 Å². The zero-order chi connectivity index (χ0) is 12.1. The van der Waals surface area contributed by atoms with Crippen molar-refractivity contribution in [3.8, 4) is 0 Å². The summed E-state index contributed by atoms with van der Waals surface area (Å²) in [5, 5.41) is 27.2. The predicted octanol–water partition coefficient (Wildman–Crippen LogP) is -0.126. The number of rotatable bonds is 6. The SMILES string of the molecule is CCCC(O)(OC(=O)C(O)CC)C(=O)O. The minimum atomic E-state index is -2.54. The Labute approximate surface area is 87.5 Å². The number of carboxylic acid groups (broad SMARTS) is 1. The molecule has 0 aliphatic rings. The number of hydrogen-bond donors (Lipinski definition) is 3. The number of aliphatic hydroxyl groups is 2. The van der Waals surface area contributed by atoms with Gasteiger partial charge < -0.3 is 20.1 Å². The summed E-state index contributed by atoms with van der Waals surface area (Å²) >= 11 is 0. The van der Waals surface area contributed by atoms with E-state index in [9.17, 15) is 14.7 Å². The maximum Gasteiger partial charge on any atom is 0.377 e. The summed E-state index contributed by atoms with van der Waals surface area (Å²) in [6.45, 7) is 3.17. The second-order valence-electron chi connectivity index (χ2n) is 3.18. The van der Waals surface area contributed by atoms with Crippen LogP contribution in [0.4, 0.5) is 0 Å². The van der Waals surface area contributed by atoms with E-state index in [-0.39, 0.29) is 12.8 Å². The van der Waals surface area contributed by atoms with E-state index in [4.69, 9.17) is 10.2 Å². The van der Waals surface area contributed by atoms with Gasteiger partial charge in [0.1, 0.15) is 0 Å². The van der Waals surface area contributed by atoms with Crippen LogP contribution in [-0.2, 0) is 14.3 Å². The molecule has 3 N–H and O–H groups in total. The van der Waals surface area contributed by atoms with Crippen LogP contribution in [0.15, 0.2) is 0 Å². The average molecular weight is 220 g/mol. The highest BCUT2D eigenvalue weighted by molar-refractivity contribution is 5.81. The van der Waals surface area contributed by atoms with E-state index in [0.29, 0.717) is 6.42 Å². The normalized spacial score (nSPS) is 16.5. The molecule has 0 aromatic rings. The van der Waals surface area contributed by atoms with Crippen molar-refractivity contribution >= 4 is 11.9 Å². The first-order valence-electron chi connectivity index (χ1n) is 4.74. The summed E-state index contributed by atoms with van der Waals surface area (Å²) in [4.78, 5) is 21.7. The van der Waals surface area contributed by atoms with E-state index < -0.39 is 23.8 Å². The quantitative estimate of drug-likeness (QED) is 0.425.